The van der Waals surface area contributed by atoms with E-state index in [0.717, 1.165) is 0 Å². The van der Waals surface area contributed by atoms with E-state index in [1.54, 1.807) is 0 Å². The molecule has 1 fully saturated rings. The monoisotopic (exact) mass is 247 g/mol. The summed E-state index contributed by atoms with van der Waals surface area (Å²) in [5, 5.41) is 12.4. The number of nitrogens with one attached hydrogen (secondary N) is 1. The molecule has 17 heavy (non-hydrogen) atoms. The molecule has 2 N–H and O–H groups in total. The summed E-state index contributed by atoms with van der Waals surface area (Å²) in [4.78, 5) is 22.4. The smallest absolute Gasteiger partial charge is 0.337 e. The molecule has 0 spiro atoms. The SMILES string of the molecule is COC(=O)[C@H]1O[C@@H](OC)C[C@H](NC(C)=O)[C@H]1O. The van der Waals surface area contributed by atoms with E-state index in [0.29, 0.717) is 0 Å². The molecular formula is C10H17NO6. The average Bonchev–Trinajstić information content (AvgIpc) is 2.30. The summed E-state index contributed by atoms with van der Waals surface area (Å²) in [5.74, 6) is -0.996. The molecule has 0 bridgehead atoms. The number of aliphatic hydroxyl groups is 1. The zero-order valence-corrected chi connectivity index (χ0v) is 10.0. The third-order valence-corrected chi connectivity index (χ3v) is 2.55. The molecule has 1 aliphatic rings. The Balaban J connectivity index is 2.77. The minimum absolute atomic E-state index is 0.269. The van der Waals surface area contributed by atoms with E-state index in [-0.39, 0.29) is 12.3 Å². The summed E-state index contributed by atoms with van der Waals surface area (Å²) in [7, 11) is 2.61. The standard InChI is InChI=1S/C10H17NO6/c1-5(12)11-6-4-7(15-2)17-9(8(6)13)10(14)16-3/h6-9,13H,4H2,1-3H3,(H,11,12)/t6-,7+,8+,9-/m0/s1. The van der Waals surface area contributed by atoms with E-state index < -0.39 is 30.5 Å². The van der Waals surface area contributed by atoms with Crippen molar-refractivity contribution in [3.63, 3.8) is 0 Å². The Morgan fingerprint density at radius 3 is 2.53 bits per heavy atom. The molecule has 1 heterocycles. The van der Waals surface area contributed by atoms with Crippen molar-refractivity contribution in [3.05, 3.63) is 0 Å². The van der Waals surface area contributed by atoms with Crippen molar-refractivity contribution in [2.45, 2.75) is 37.9 Å². The lowest BCUT2D eigenvalue weighted by Crippen LogP contribution is -2.58. The van der Waals surface area contributed by atoms with Gasteiger partial charge in [-0.2, -0.15) is 0 Å². The van der Waals surface area contributed by atoms with Crippen molar-refractivity contribution >= 4 is 11.9 Å². The number of esters is 1. The third kappa shape index (κ3) is 3.39. The van der Waals surface area contributed by atoms with Gasteiger partial charge in [0, 0.05) is 20.5 Å². The van der Waals surface area contributed by atoms with E-state index in [4.69, 9.17) is 9.47 Å². The Morgan fingerprint density at radius 2 is 2.06 bits per heavy atom. The average molecular weight is 247 g/mol. The van der Waals surface area contributed by atoms with Crippen LogP contribution in [0.5, 0.6) is 0 Å². The molecule has 7 nitrogen and oxygen atoms in total. The number of methoxy groups -OCH3 is 2. The van der Waals surface area contributed by atoms with Crippen molar-refractivity contribution in [2.24, 2.45) is 0 Å². The van der Waals surface area contributed by atoms with Crippen LogP contribution in [0.3, 0.4) is 0 Å². The topological polar surface area (TPSA) is 94.1 Å². The molecule has 0 radical (unpaired) electrons. The highest BCUT2D eigenvalue weighted by Gasteiger charge is 2.42. The normalized spacial score (nSPS) is 32.9. The summed E-state index contributed by atoms with van der Waals surface area (Å²) in [6, 6.07) is -0.602. The van der Waals surface area contributed by atoms with Gasteiger partial charge in [-0.25, -0.2) is 4.79 Å². The van der Waals surface area contributed by atoms with Crippen molar-refractivity contribution < 1.29 is 28.9 Å². The maximum atomic E-state index is 11.4. The Bertz CT molecular complexity index is 295. The number of carbonyl (C=O) groups excluding carboxylic acids is 2. The van der Waals surface area contributed by atoms with E-state index in [1.807, 2.05) is 0 Å². The summed E-state index contributed by atoms with van der Waals surface area (Å²) < 4.78 is 14.7. The molecule has 0 aromatic rings. The Kier molecular flexibility index (Phi) is 4.86. The van der Waals surface area contributed by atoms with Crippen LogP contribution in [0.25, 0.3) is 0 Å². The van der Waals surface area contributed by atoms with Crippen molar-refractivity contribution in [3.8, 4) is 0 Å². The minimum Gasteiger partial charge on any atom is -0.467 e. The van der Waals surface area contributed by atoms with Gasteiger partial charge >= 0.3 is 5.97 Å². The van der Waals surface area contributed by atoms with Crippen LogP contribution in [0.15, 0.2) is 0 Å². The van der Waals surface area contributed by atoms with Gasteiger partial charge in [0.2, 0.25) is 5.91 Å². The number of amides is 1. The van der Waals surface area contributed by atoms with Gasteiger partial charge in [-0.1, -0.05) is 0 Å². The Morgan fingerprint density at radius 1 is 1.41 bits per heavy atom. The lowest BCUT2D eigenvalue weighted by molar-refractivity contribution is -0.228. The van der Waals surface area contributed by atoms with Crippen molar-refractivity contribution in [1.82, 2.24) is 5.32 Å². The summed E-state index contributed by atoms with van der Waals surface area (Å²) in [6.45, 7) is 1.33. The number of ether oxygens (including phenoxy) is 3. The number of aliphatic hydroxyl groups excluding tert-OH is 1. The molecule has 0 aromatic heterocycles. The van der Waals surface area contributed by atoms with Crippen LogP contribution < -0.4 is 5.32 Å². The highest BCUT2D eigenvalue weighted by atomic mass is 16.7. The second-order valence-corrected chi connectivity index (χ2v) is 3.78. The molecular weight excluding hydrogens is 230 g/mol. The number of hydrogen-bond acceptors (Lipinski definition) is 6. The Labute approximate surface area is 99.0 Å². The molecule has 98 valence electrons. The van der Waals surface area contributed by atoms with Gasteiger partial charge < -0.3 is 24.6 Å². The van der Waals surface area contributed by atoms with Gasteiger partial charge in [-0.05, 0) is 0 Å². The minimum atomic E-state index is -1.16. The second-order valence-electron chi connectivity index (χ2n) is 3.78. The molecule has 1 aliphatic heterocycles. The largest absolute Gasteiger partial charge is 0.467 e. The van der Waals surface area contributed by atoms with Crippen LogP contribution in [-0.4, -0.2) is 55.7 Å². The molecule has 0 aromatic carbocycles. The van der Waals surface area contributed by atoms with Gasteiger partial charge in [0.15, 0.2) is 12.4 Å². The quantitative estimate of drug-likeness (QED) is 0.607. The zero-order chi connectivity index (χ0) is 13.0. The molecule has 4 atom stereocenters. The van der Waals surface area contributed by atoms with Gasteiger partial charge in [0.1, 0.15) is 6.10 Å². The van der Waals surface area contributed by atoms with E-state index in [9.17, 15) is 14.7 Å². The molecule has 7 heteroatoms. The first kappa shape index (κ1) is 13.9. The van der Waals surface area contributed by atoms with Crippen LogP contribution in [0.2, 0.25) is 0 Å². The van der Waals surface area contributed by atoms with Gasteiger partial charge in [-0.3, -0.25) is 4.79 Å². The number of hydrogen-bond donors (Lipinski definition) is 2. The summed E-state index contributed by atoms with van der Waals surface area (Å²) in [6.07, 6.45) is -2.71. The molecule has 1 rings (SSSR count). The summed E-state index contributed by atoms with van der Waals surface area (Å²) in [5.41, 5.74) is 0. The Hall–Kier alpha value is -1.18. The fourth-order valence-electron chi connectivity index (χ4n) is 1.73. The maximum Gasteiger partial charge on any atom is 0.337 e. The molecule has 0 unspecified atom stereocenters. The molecule has 1 amide bonds. The predicted octanol–water partition coefficient (Wildman–Crippen LogP) is -1.21. The first-order valence-electron chi connectivity index (χ1n) is 5.20. The van der Waals surface area contributed by atoms with Crippen molar-refractivity contribution in [1.29, 1.82) is 0 Å². The fourth-order valence-corrected chi connectivity index (χ4v) is 1.73. The van der Waals surface area contributed by atoms with Gasteiger partial charge in [0.05, 0.1) is 13.2 Å². The second kappa shape index (κ2) is 5.95. The third-order valence-electron chi connectivity index (χ3n) is 2.55. The predicted molar refractivity (Wildman–Crippen MR) is 55.9 cm³/mol. The van der Waals surface area contributed by atoms with Crippen molar-refractivity contribution in [2.75, 3.05) is 14.2 Å². The first-order valence-corrected chi connectivity index (χ1v) is 5.20. The summed E-state index contributed by atoms with van der Waals surface area (Å²) >= 11 is 0. The fraction of sp³-hybridized carbons (Fsp3) is 0.800. The van der Waals surface area contributed by atoms with Gasteiger partial charge in [0.25, 0.3) is 0 Å². The van der Waals surface area contributed by atoms with Crippen LogP contribution in [0.4, 0.5) is 0 Å². The number of carbonyl (C=O) groups is 2. The van der Waals surface area contributed by atoms with E-state index in [2.05, 4.69) is 10.1 Å². The lowest BCUT2D eigenvalue weighted by atomic mass is 9.98. The van der Waals surface area contributed by atoms with Gasteiger partial charge in [-0.15, -0.1) is 0 Å². The molecule has 1 saturated heterocycles. The highest BCUT2D eigenvalue weighted by Crippen LogP contribution is 2.21. The highest BCUT2D eigenvalue weighted by molar-refractivity contribution is 5.76. The lowest BCUT2D eigenvalue weighted by Gasteiger charge is -2.37. The van der Waals surface area contributed by atoms with Crippen LogP contribution >= 0.6 is 0 Å². The molecule has 0 aliphatic carbocycles. The first-order chi connectivity index (χ1) is 7.99. The van der Waals surface area contributed by atoms with E-state index >= 15 is 0 Å². The molecule has 0 saturated carbocycles. The van der Waals surface area contributed by atoms with E-state index in [1.165, 1.54) is 21.1 Å². The van der Waals surface area contributed by atoms with Crippen LogP contribution in [-0.2, 0) is 23.8 Å². The zero-order valence-electron chi connectivity index (χ0n) is 10.0. The van der Waals surface area contributed by atoms with Crippen LogP contribution in [0.1, 0.15) is 13.3 Å². The van der Waals surface area contributed by atoms with Crippen LogP contribution in [0, 0.1) is 0 Å². The maximum absolute atomic E-state index is 11.4. The number of rotatable bonds is 3.